The smallest absolute Gasteiger partial charge is 0.321 e. The first-order chi connectivity index (χ1) is 10.1. The van der Waals surface area contributed by atoms with Gasteiger partial charge in [-0.2, -0.15) is 0 Å². The highest BCUT2D eigenvalue weighted by Crippen LogP contribution is 2.12. The quantitative estimate of drug-likeness (QED) is 0.859. The number of likely N-dealkylation sites (N-methyl/N-ethyl adjacent to an activating group) is 1. The highest BCUT2D eigenvalue weighted by Gasteiger charge is 2.19. The first kappa shape index (κ1) is 15.5. The molecule has 1 unspecified atom stereocenters. The minimum atomic E-state index is -0.245. The third-order valence-electron chi connectivity index (χ3n) is 3.23. The summed E-state index contributed by atoms with van der Waals surface area (Å²) in [6.07, 6.45) is -0.0990. The summed E-state index contributed by atoms with van der Waals surface area (Å²) in [6.45, 7) is 3.61. The summed E-state index contributed by atoms with van der Waals surface area (Å²) in [6, 6.07) is 6.62. The fourth-order valence-electron chi connectivity index (χ4n) is 2.07. The molecular weight excluding hydrogens is 272 g/mol. The molecule has 1 heterocycles. The number of ketones is 1. The Morgan fingerprint density at radius 1 is 1.38 bits per heavy atom. The fraction of sp³-hybridized carbons (Fsp3) is 0.467. The Hall–Kier alpha value is -1.92. The SMILES string of the molecule is CC(=O)c1cccc(NC(=O)N(C)CC2COCCO2)c1. The number of carbonyl (C=O) groups is 2. The summed E-state index contributed by atoms with van der Waals surface area (Å²) >= 11 is 0. The van der Waals surface area contributed by atoms with Gasteiger partial charge in [0, 0.05) is 18.3 Å². The van der Waals surface area contributed by atoms with Crippen molar-refractivity contribution in [2.24, 2.45) is 0 Å². The van der Waals surface area contributed by atoms with Crippen LogP contribution in [0.3, 0.4) is 0 Å². The monoisotopic (exact) mass is 292 g/mol. The van der Waals surface area contributed by atoms with Crippen molar-refractivity contribution in [2.75, 3.05) is 38.7 Å². The number of nitrogens with zero attached hydrogens (tertiary/aromatic N) is 1. The molecule has 1 saturated heterocycles. The summed E-state index contributed by atoms with van der Waals surface area (Å²) in [4.78, 5) is 25.0. The van der Waals surface area contributed by atoms with Gasteiger partial charge in [0.25, 0.3) is 0 Å². The zero-order chi connectivity index (χ0) is 15.2. The molecule has 0 saturated carbocycles. The van der Waals surface area contributed by atoms with Gasteiger partial charge in [-0.15, -0.1) is 0 Å². The zero-order valence-electron chi connectivity index (χ0n) is 12.3. The number of ether oxygens (including phenoxy) is 2. The minimum absolute atomic E-state index is 0.0350. The summed E-state index contributed by atoms with van der Waals surface area (Å²) in [7, 11) is 1.70. The lowest BCUT2D eigenvalue weighted by atomic mass is 10.1. The molecule has 1 aromatic rings. The van der Waals surface area contributed by atoms with Crippen molar-refractivity contribution in [1.82, 2.24) is 4.90 Å². The molecule has 0 aliphatic carbocycles. The Bertz CT molecular complexity index is 512. The first-order valence-electron chi connectivity index (χ1n) is 6.88. The topological polar surface area (TPSA) is 67.9 Å². The van der Waals surface area contributed by atoms with Crippen LogP contribution in [0.1, 0.15) is 17.3 Å². The molecular formula is C15H20N2O4. The maximum atomic E-state index is 12.1. The molecule has 2 amide bonds. The van der Waals surface area contributed by atoms with E-state index in [9.17, 15) is 9.59 Å². The second-order valence-corrected chi connectivity index (χ2v) is 5.02. The number of urea groups is 1. The van der Waals surface area contributed by atoms with E-state index in [0.717, 1.165) is 0 Å². The minimum Gasteiger partial charge on any atom is -0.376 e. The highest BCUT2D eigenvalue weighted by atomic mass is 16.6. The van der Waals surface area contributed by atoms with Crippen LogP contribution in [0.15, 0.2) is 24.3 Å². The van der Waals surface area contributed by atoms with Crippen LogP contribution < -0.4 is 5.32 Å². The number of rotatable bonds is 4. The Morgan fingerprint density at radius 2 is 2.19 bits per heavy atom. The van der Waals surface area contributed by atoms with Crippen LogP contribution in [-0.2, 0) is 9.47 Å². The average Bonchev–Trinajstić information content (AvgIpc) is 2.48. The van der Waals surface area contributed by atoms with Gasteiger partial charge in [0.15, 0.2) is 5.78 Å². The number of Topliss-reactive ketones (excluding diaryl/α,β-unsaturated/α-hetero) is 1. The molecule has 2 rings (SSSR count). The second-order valence-electron chi connectivity index (χ2n) is 5.02. The molecule has 6 nitrogen and oxygen atoms in total. The predicted molar refractivity (Wildman–Crippen MR) is 78.7 cm³/mol. The predicted octanol–water partition coefficient (Wildman–Crippen LogP) is 1.77. The van der Waals surface area contributed by atoms with Crippen molar-refractivity contribution in [3.63, 3.8) is 0 Å². The fourth-order valence-corrected chi connectivity index (χ4v) is 2.07. The van der Waals surface area contributed by atoms with Crippen LogP contribution in [0, 0.1) is 0 Å². The molecule has 6 heteroatoms. The molecule has 1 aliphatic heterocycles. The molecule has 1 aromatic carbocycles. The number of carbonyl (C=O) groups excluding carboxylic acids is 2. The van der Waals surface area contributed by atoms with Crippen LogP contribution in [0.2, 0.25) is 0 Å². The van der Waals surface area contributed by atoms with E-state index in [-0.39, 0.29) is 17.9 Å². The standard InChI is InChI=1S/C15H20N2O4/c1-11(18)12-4-3-5-13(8-12)16-15(19)17(2)9-14-10-20-6-7-21-14/h3-5,8,14H,6-7,9-10H2,1-2H3,(H,16,19). The summed E-state index contributed by atoms with van der Waals surface area (Å²) < 4.78 is 10.8. The van der Waals surface area contributed by atoms with Crippen LogP contribution in [-0.4, -0.2) is 56.2 Å². The molecule has 0 radical (unpaired) electrons. The largest absolute Gasteiger partial charge is 0.376 e. The van der Waals surface area contributed by atoms with Gasteiger partial charge in [-0.25, -0.2) is 4.79 Å². The van der Waals surface area contributed by atoms with Crippen molar-refractivity contribution < 1.29 is 19.1 Å². The van der Waals surface area contributed by atoms with Crippen LogP contribution in [0.4, 0.5) is 10.5 Å². The zero-order valence-corrected chi connectivity index (χ0v) is 12.3. The number of hydrogen-bond acceptors (Lipinski definition) is 4. The van der Waals surface area contributed by atoms with Crippen molar-refractivity contribution in [2.45, 2.75) is 13.0 Å². The Kier molecular flexibility index (Phi) is 5.30. The molecule has 21 heavy (non-hydrogen) atoms. The maximum Gasteiger partial charge on any atom is 0.321 e. The molecule has 0 bridgehead atoms. The molecule has 0 spiro atoms. The van der Waals surface area contributed by atoms with Gasteiger partial charge in [-0.1, -0.05) is 12.1 Å². The van der Waals surface area contributed by atoms with Crippen molar-refractivity contribution >= 4 is 17.5 Å². The summed E-state index contributed by atoms with van der Waals surface area (Å²) in [5.41, 5.74) is 1.17. The number of hydrogen-bond donors (Lipinski definition) is 1. The van der Waals surface area contributed by atoms with Gasteiger partial charge in [-0.3, -0.25) is 4.79 Å². The molecule has 1 N–H and O–H groups in total. The Morgan fingerprint density at radius 3 is 2.86 bits per heavy atom. The van der Waals surface area contributed by atoms with Crippen molar-refractivity contribution in [1.29, 1.82) is 0 Å². The van der Waals surface area contributed by atoms with Gasteiger partial charge in [0.2, 0.25) is 0 Å². The van der Waals surface area contributed by atoms with E-state index >= 15 is 0 Å². The lowest BCUT2D eigenvalue weighted by Crippen LogP contribution is -2.42. The molecule has 0 aromatic heterocycles. The lowest BCUT2D eigenvalue weighted by molar-refractivity contribution is -0.0925. The van der Waals surface area contributed by atoms with Gasteiger partial charge in [-0.05, 0) is 19.1 Å². The molecule has 114 valence electrons. The third kappa shape index (κ3) is 4.54. The van der Waals surface area contributed by atoms with Gasteiger partial charge < -0.3 is 19.7 Å². The Balaban J connectivity index is 1.90. The number of nitrogens with one attached hydrogen (secondary N) is 1. The summed E-state index contributed by atoms with van der Waals surface area (Å²) in [5.74, 6) is -0.0350. The number of anilines is 1. The van der Waals surface area contributed by atoms with E-state index in [1.165, 1.54) is 6.92 Å². The average molecular weight is 292 g/mol. The Labute approximate surface area is 124 Å². The van der Waals surface area contributed by atoms with Gasteiger partial charge >= 0.3 is 6.03 Å². The van der Waals surface area contributed by atoms with Crippen molar-refractivity contribution in [3.8, 4) is 0 Å². The van der Waals surface area contributed by atoms with Gasteiger partial charge in [0.1, 0.15) is 0 Å². The number of benzene rings is 1. The second kappa shape index (κ2) is 7.19. The van der Waals surface area contributed by atoms with E-state index in [1.54, 1.807) is 36.2 Å². The third-order valence-corrected chi connectivity index (χ3v) is 3.23. The van der Waals surface area contributed by atoms with Crippen molar-refractivity contribution in [3.05, 3.63) is 29.8 Å². The van der Waals surface area contributed by atoms with E-state index in [4.69, 9.17) is 9.47 Å². The molecule has 1 aliphatic rings. The number of amides is 2. The van der Waals surface area contributed by atoms with E-state index in [1.807, 2.05) is 0 Å². The van der Waals surface area contributed by atoms with E-state index in [0.29, 0.717) is 37.6 Å². The maximum absolute atomic E-state index is 12.1. The van der Waals surface area contributed by atoms with E-state index < -0.39 is 0 Å². The van der Waals surface area contributed by atoms with Crippen LogP contribution in [0.5, 0.6) is 0 Å². The van der Waals surface area contributed by atoms with Crippen LogP contribution in [0.25, 0.3) is 0 Å². The van der Waals surface area contributed by atoms with Crippen LogP contribution >= 0.6 is 0 Å². The lowest BCUT2D eigenvalue weighted by Gasteiger charge is -2.27. The molecule has 1 atom stereocenters. The normalized spacial score (nSPS) is 18.1. The molecule has 1 fully saturated rings. The van der Waals surface area contributed by atoms with Gasteiger partial charge in [0.05, 0.1) is 32.5 Å². The first-order valence-corrected chi connectivity index (χ1v) is 6.88. The summed E-state index contributed by atoms with van der Waals surface area (Å²) in [5, 5.41) is 2.76. The highest BCUT2D eigenvalue weighted by molar-refractivity contribution is 5.96. The van der Waals surface area contributed by atoms with E-state index in [2.05, 4.69) is 5.32 Å².